The fourth-order valence-electron chi connectivity index (χ4n) is 3.89. The molecule has 0 spiro atoms. The Morgan fingerprint density at radius 3 is 2.31 bits per heavy atom. The molecule has 0 saturated carbocycles. The normalized spacial score (nSPS) is 12.7. The van der Waals surface area contributed by atoms with E-state index in [2.05, 4.69) is 5.32 Å². The number of carbonyl (C=O) groups excluding carboxylic acids is 3. The molecule has 0 fully saturated rings. The first-order chi connectivity index (χ1) is 15.6. The van der Waals surface area contributed by atoms with E-state index in [1.54, 1.807) is 30.3 Å². The maximum Gasteiger partial charge on any atom is 0.266 e. The first-order valence-electron chi connectivity index (χ1n) is 10.0. The molecule has 0 bridgehead atoms. The van der Waals surface area contributed by atoms with Crippen molar-refractivity contribution < 1.29 is 19.1 Å². The molecule has 6 heteroatoms. The van der Waals surface area contributed by atoms with Crippen LogP contribution in [0, 0.1) is 0 Å². The number of nitrogens with zero attached hydrogens (tertiary/aromatic N) is 1. The number of ether oxygens (including phenoxy) is 1. The van der Waals surface area contributed by atoms with Gasteiger partial charge in [0.25, 0.3) is 17.7 Å². The van der Waals surface area contributed by atoms with Crippen molar-refractivity contribution in [3.05, 3.63) is 102 Å². The third-order valence-corrected chi connectivity index (χ3v) is 5.48. The van der Waals surface area contributed by atoms with E-state index in [1.807, 2.05) is 42.5 Å². The van der Waals surface area contributed by atoms with E-state index in [4.69, 9.17) is 4.74 Å². The molecule has 1 N–H and O–H groups in total. The lowest BCUT2D eigenvalue weighted by Gasteiger charge is -2.16. The predicted molar refractivity (Wildman–Crippen MR) is 122 cm³/mol. The molecule has 1 aliphatic heterocycles. The number of benzene rings is 4. The average Bonchev–Trinajstić information content (AvgIpc) is 3.08. The quantitative estimate of drug-likeness (QED) is 0.475. The van der Waals surface area contributed by atoms with Gasteiger partial charge in [-0.05, 0) is 53.2 Å². The topological polar surface area (TPSA) is 75.7 Å². The van der Waals surface area contributed by atoms with Gasteiger partial charge in [-0.1, -0.05) is 42.5 Å². The van der Waals surface area contributed by atoms with Crippen LogP contribution in [0.1, 0.15) is 31.1 Å². The van der Waals surface area contributed by atoms with Crippen molar-refractivity contribution in [2.24, 2.45) is 0 Å². The van der Waals surface area contributed by atoms with Gasteiger partial charge in [-0.3, -0.25) is 14.4 Å². The van der Waals surface area contributed by atoms with Gasteiger partial charge in [-0.25, -0.2) is 4.90 Å². The highest BCUT2D eigenvalue weighted by Crippen LogP contribution is 2.35. The number of hydrogen-bond donors (Lipinski definition) is 1. The molecule has 0 radical (unpaired) electrons. The zero-order chi connectivity index (χ0) is 22.2. The summed E-state index contributed by atoms with van der Waals surface area (Å²) in [5, 5.41) is 4.94. The molecule has 1 aliphatic rings. The highest BCUT2D eigenvalue weighted by atomic mass is 16.5. The number of imide groups is 1. The number of methoxy groups -OCH3 is 1. The van der Waals surface area contributed by atoms with Crippen LogP contribution in [0.5, 0.6) is 5.75 Å². The molecule has 3 amide bonds. The number of rotatable bonds is 4. The van der Waals surface area contributed by atoms with Crippen LogP contribution in [-0.4, -0.2) is 24.8 Å². The van der Waals surface area contributed by atoms with Crippen molar-refractivity contribution >= 4 is 39.9 Å². The third-order valence-electron chi connectivity index (χ3n) is 5.48. The SMILES string of the molecule is COc1ccccc1N1C(=O)c2ccc(C(=O)Nc3ccc4ccccc4c3)cc2C1=O. The minimum Gasteiger partial charge on any atom is -0.495 e. The van der Waals surface area contributed by atoms with Crippen molar-refractivity contribution in [2.45, 2.75) is 0 Å². The van der Waals surface area contributed by atoms with Crippen LogP contribution in [0.25, 0.3) is 10.8 Å². The van der Waals surface area contributed by atoms with Gasteiger partial charge in [0.2, 0.25) is 0 Å². The molecule has 0 saturated heterocycles. The van der Waals surface area contributed by atoms with Crippen molar-refractivity contribution in [3.63, 3.8) is 0 Å². The van der Waals surface area contributed by atoms with Crippen LogP contribution in [0.15, 0.2) is 84.9 Å². The lowest BCUT2D eigenvalue weighted by molar-refractivity contribution is 0.0924. The Morgan fingerprint density at radius 2 is 1.50 bits per heavy atom. The molecule has 4 aromatic carbocycles. The van der Waals surface area contributed by atoms with Gasteiger partial charge in [0.15, 0.2) is 0 Å². The Hall–Kier alpha value is -4.45. The molecule has 6 nitrogen and oxygen atoms in total. The number of nitrogens with one attached hydrogen (secondary N) is 1. The Balaban J connectivity index is 1.44. The molecule has 0 aliphatic carbocycles. The summed E-state index contributed by atoms with van der Waals surface area (Å²) < 4.78 is 5.30. The predicted octanol–water partition coefficient (Wildman–Crippen LogP) is 4.90. The first-order valence-corrected chi connectivity index (χ1v) is 10.0. The molecule has 156 valence electrons. The van der Waals surface area contributed by atoms with E-state index in [0.717, 1.165) is 15.7 Å². The van der Waals surface area contributed by atoms with E-state index in [1.165, 1.54) is 19.2 Å². The maximum absolute atomic E-state index is 13.1. The van der Waals surface area contributed by atoms with Crippen LogP contribution >= 0.6 is 0 Å². The molecule has 1 heterocycles. The number of carbonyl (C=O) groups is 3. The molecule has 0 unspecified atom stereocenters. The summed E-state index contributed by atoms with van der Waals surface area (Å²) in [5.41, 5.74) is 1.74. The number of amides is 3. The van der Waals surface area contributed by atoms with Crippen molar-refractivity contribution in [1.29, 1.82) is 0 Å². The zero-order valence-electron chi connectivity index (χ0n) is 17.2. The summed E-state index contributed by atoms with van der Waals surface area (Å²) in [4.78, 5) is 39.9. The highest BCUT2D eigenvalue weighted by molar-refractivity contribution is 6.35. The maximum atomic E-state index is 13.1. The molecule has 32 heavy (non-hydrogen) atoms. The van der Waals surface area contributed by atoms with Gasteiger partial charge in [-0.15, -0.1) is 0 Å². The summed E-state index contributed by atoms with van der Waals surface area (Å²) in [7, 11) is 1.48. The number of fused-ring (bicyclic) bond motifs is 2. The summed E-state index contributed by atoms with van der Waals surface area (Å²) in [5.74, 6) is -0.888. The van der Waals surface area contributed by atoms with E-state index < -0.39 is 11.8 Å². The van der Waals surface area contributed by atoms with E-state index >= 15 is 0 Å². The van der Waals surface area contributed by atoms with E-state index in [0.29, 0.717) is 22.7 Å². The highest BCUT2D eigenvalue weighted by Gasteiger charge is 2.38. The minimum atomic E-state index is -0.491. The van der Waals surface area contributed by atoms with Gasteiger partial charge in [0, 0.05) is 11.3 Å². The molecule has 0 aromatic heterocycles. The number of anilines is 2. The fourth-order valence-corrected chi connectivity index (χ4v) is 3.89. The lowest BCUT2D eigenvalue weighted by Crippen LogP contribution is -2.29. The van der Waals surface area contributed by atoms with E-state index in [9.17, 15) is 14.4 Å². The van der Waals surface area contributed by atoms with Gasteiger partial charge in [0.05, 0.1) is 23.9 Å². The Labute approximate surface area is 184 Å². The Bertz CT molecular complexity index is 1410. The Morgan fingerprint density at radius 1 is 0.781 bits per heavy atom. The van der Waals surface area contributed by atoms with Crippen molar-refractivity contribution in [1.82, 2.24) is 0 Å². The number of para-hydroxylation sites is 2. The van der Waals surface area contributed by atoms with Gasteiger partial charge < -0.3 is 10.1 Å². The van der Waals surface area contributed by atoms with Gasteiger partial charge >= 0.3 is 0 Å². The molecular weight excluding hydrogens is 404 g/mol. The summed E-state index contributed by atoms with van der Waals surface area (Å²) in [6.45, 7) is 0. The van der Waals surface area contributed by atoms with Gasteiger partial charge in [-0.2, -0.15) is 0 Å². The lowest BCUT2D eigenvalue weighted by atomic mass is 10.0. The third kappa shape index (κ3) is 3.18. The van der Waals surface area contributed by atoms with Crippen molar-refractivity contribution in [3.8, 4) is 5.75 Å². The van der Waals surface area contributed by atoms with Crippen LogP contribution < -0.4 is 15.0 Å². The molecule has 5 rings (SSSR count). The second-order valence-electron chi connectivity index (χ2n) is 7.39. The van der Waals surface area contributed by atoms with E-state index in [-0.39, 0.29) is 17.0 Å². The summed E-state index contributed by atoms with van der Waals surface area (Å²) in [6.07, 6.45) is 0. The monoisotopic (exact) mass is 422 g/mol. The molecule has 0 atom stereocenters. The minimum absolute atomic E-state index is 0.187. The second kappa shape index (κ2) is 7.67. The molecule has 4 aromatic rings. The number of hydrogen-bond acceptors (Lipinski definition) is 4. The smallest absolute Gasteiger partial charge is 0.266 e. The van der Waals surface area contributed by atoms with Crippen LogP contribution in [0.2, 0.25) is 0 Å². The fraction of sp³-hybridized carbons (Fsp3) is 0.0385. The molecular formula is C26H18N2O4. The Kier molecular flexibility index (Phi) is 4.67. The van der Waals surface area contributed by atoms with Crippen LogP contribution in [0.3, 0.4) is 0 Å². The summed E-state index contributed by atoms with van der Waals surface area (Å²) >= 11 is 0. The van der Waals surface area contributed by atoms with Crippen LogP contribution in [-0.2, 0) is 0 Å². The van der Waals surface area contributed by atoms with Gasteiger partial charge in [0.1, 0.15) is 5.75 Å². The van der Waals surface area contributed by atoms with Crippen LogP contribution in [0.4, 0.5) is 11.4 Å². The standard InChI is InChI=1S/C26H18N2O4/c1-32-23-9-5-4-8-22(23)28-25(30)20-13-11-18(15-21(20)26(28)31)24(29)27-19-12-10-16-6-2-3-7-17(16)14-19/h2-15H,1H3,(H,27,29). The average molecular weight is 422 g/mol. The second-order valence-corrected chi connectivity index (χ2v) is 7.39. The zero-order valence-corrected chi connectivity index (χ0v) is 17.2. The van der Waals surface area contributed by atoms with Crippen molar-refractivity contribution in [2.75, 3.05) is 17.3 Å². The summed E-state index contributed by atoms with van der Waals surface area (Å²) in [6, 6.07) is 24.8. The first kappa shape index (κ1) is 19.5. The largest absolute Gasteiger partial charge is 0.495 e.